The minimum atomic E-state index is 0.504. The van der Waals surface area contributed by atoms with Gasteiger partial charge in [-0.3, -0.25) is 5.01 Å². The third-order valence-corrected chi connectivity index (χ3v) is 4.43. The summed E-state index contributed by atoms with van der Waals surface area (Å²) in [4.78, 5) is 0. The number of benzene rings is 2. The number of rotatable bonds is 6. The van der Waals surface area contributed by atoms with Gasteiger partial charge in [0, 0.05) is 5.56 Å². The van der Waals surface area contributed by atoms with Crippen LogP contribution in [0.15, 0.2) is 59.7 Å². The van der Waals surface area contributed by atoms with Crippen LogP contribution in [0.1, 0.15) is 17.5 Å². The third kappa shape index (κ3) is 4.27. The second kappa shape index (κ2) is 7.70. The summed E-state index contributed by atoms with van der Waals surface area (Å²) in [5.74, 6) is 1.66. The molecule has 0 atom stereocenters. The van der Waals surface area contributed by atoms with E-state index >= 15 is 0 Å². The van der Waals surface area contributed by atoms with E-state index in [2.05, 4.69) is 11.2 Å². The topological polar surface area (TPSA) is 48.6 Å². The summed E-state index contributed by atoms with van der Waals surface area (Å²) in [7, 11) is 0. The van der Waals surface area contributed by atoms with Crippen molar-refractivity contribution in [2.75, 3.05) is 12.4 Å². The van der Waals surface area contributed by atoms with Crippen LogP contribution in [0.25, 0.3) is 0 Å². The summed E-state index contributed by atoms with van der Waals surface area (Å²) in [5, 5.41) is 16.1. The molecule has 23 heavy (non-hydrogen) atoms. The van der Waals surface area contributed by atoms with Crippen LogP contribution in [0.2, 0.25) is 0 Å². The van der Waals surface area contributed by atoms with E-state index in [0.29, 0.717) is 19.6 Å². The molecule has 5 heteroatoms. The standard InChI is InChI=1S/C18H17N3OS/c19-11-4-12-21-14-23-18(20-21)16-7-9-17(10-8-16)22-13-15-5-2-1-3-6-15/h1-3,5-10H,4,12-14H2. The largest absolute Gasteiger partial charge is 0.489 e. The molecule has 0 aliphatic carbocycles. The van der Waals surface area contributed by atoms with Crippen molar-refractivity contribution in [3.8, 4) is 11.8 Å². The predicted molar refractivity (Wildman–Crippen MR) is 93.1 cm³/mol. The molecule has 2 aromatic carbocycles. The molecule has 1 aliphatic rings. The Bertz CT molecular complexity index is 707. The Morgan fingerprint density at radius 3 is 2.65 bits per heavy atom. The lowest BCUT2D eigenvalue weighted by atomic mass is 10.2. The first-order chi connectivity index (χ1) is 11.3. The monoisotopic (exact) mass is 323 g/mol. The quantitative estimate of drug-likeness (QED) is 0.810. The van der Waals surface area contributed by atoms with Crippen LogP contribution in [0.5, 0.6) is 5.75 Å². The van der Waals surface area contributed by atoms with Crippen molar-refractivity contribution in [1.29, 1.82) is 5.26 Å². The molecule has 2 aromatic rings. The molecule has 0 amide bonds. The first kappa shape index (κ1) is 15.4. The molecule has 116 valence electrons. The van der Waals surface area contributed by atoms with Crippen LogP contribution in [0, 0.1) is 11.3 Å². The van der Waals surface area contributed by atoms with Gasteiger partial charge in [-0.25, -0.2) is 0 Å². The lowest BCUT2D eigenvalue weighted by Crippen LogP contribution is -2.13. The van der Waals surface area contributed by atoms with Gasteiger partial charge < -0.3 is 4.74 Å². The van der Waals surface area contributed by atoms with Gasteiger partial charge in [0.05, 0.1) is 24.9 Å². The Hall–Kier alpha value is -2.45. The van der Waals surface area contributed by atoms with Crippen LogP contribution in [-0.2, 0) is 6.61 Å². The number of ether oxygens (including phenoxy) is 1. The van der Waals surface area contributed by atoms with Crippen LogP contribution >= 0.6 is 11.8 Å². The lowest BCUT2D eigenvalue weighted by molar-refractivity contribution is 0.306. The van der Waals surface area contributed by atoms with Gasteiger partial charge in [-0.15, -0.1) is 0 Å². The molecule has 1 heterocycles. The fourth-order valence-electron chi connectivity index (χ4n) is 2.19. The average molecular weight is 323 g/mol. The molecule has 0 aromatic heterocycles. The highest BCUT2D eigenvalue weighted by atomic mass is 32.2. The van der Waals surface area contributed by atoms with Crippen molar-refractivity contribution in [3.63, 3.8) is 0 Å². The minimum absolute atomic E-state index is 0.504. The van der Waals surface area contributed by atoms with E-state index in [9.17, 15) is 0 Å². The van der Waals surface area contributed by atoms with Crippen LogP contribution < -0.4 is 4.74 Å². The summed E-state index contributed by atoms with van der Waals surface area (Å²) < 4.78 is 5.79. The Morgan fingerprint density at radius 2 is 1.91 bits per heavy atom. The summed E-state index contributed by atoms with van der Waals surface area (Å²) in [6.45, 7) is 1.25. The Labute approximate surface area is 140 Å². The van der Waals surface area contributed by atoms with E-state index in [0.717, 1.165) is 27.8 Å². The average Bonchev–Trinajstić information content (AvgIpc) is 3.08. The first-order valence-corrected chi connectivity index (χ1v) is 8.44. The molecule has 3 rings (SSSR count). The third-order valence-electron chi connectivity index (χ3n) is 3.41. The molecule has 0 spiro atoms. The SMILES string of the molecule is N#CCCN1CSC(c2ccc(OCc3ccccc3)cc2)=N1. The molecule has 0 saturated carbocycles. The zero-order valence-electron chi connectivity index (χ0n) is 12.7. The van der Waals surface area contributed by atoms with E-state index in [1.54, 1.807) is 11.8 Å². The van der Waals surface area contributed by atoms with Gasteiger partial charge in [0.1, 0.15) is 17.4 Å². The normalized spacial score (nSPS) is 13.5. The lowest BCUT2D eigenvalue weighted by Gasteiger charge is -2.08. The van der Waals surface area contributed by atoms with E-state index in [1.807, 2.05) is 59.6 Å². The molecule has 1 aliphatic heterocycles. The fraction of sp³-hybridized carbons (Fsp3) is 0.222. The Kier molecular flexibility index (Phi) is 5.17. The molecular formula is C18H17N3OS. The van der Waals surface area contributed by atoms with Gasteiger partial charge in [0.2, 0.25) is 0 Å². The number of thioether (sulfide) groups is 1. The molecule has 0 N–H and O–H groups in total. The highest BCUT2D eigenvalue weighted by molar-refractivity contribution is 8.14. The highest BCUT2D eigenvalue weighted by Gasteiger charge is 2.16. The van der Waals surface area contributed by atoms with E-state index in [1.165, 1.54) is 0 Å². The Morgan fingerprint density at radius 1 is 1.13 bits per heavy atom. The van der Waals surface area contributed by atoms with E-state index < -0.39 is 0 Å². The maximum Gasteiger partial charge on any atom is 0.125 e. The zero-order valence-corrected chi connectivity index (χ0v) is 13.5. The smallest absolute Gasteiger partial charge is 0.125 e. The maximum absolute atomic E-state index is 8.63. The van der Waals surface area contributed by atoms with Crippen LogP contribution in [0.3, 0.4) is 0 Å². The number of hydrazone groups is 1. The van der Waals surface area contributed by atoms with Crippen molar-refractivity contribution in [3.05, 3.63) is 65.7 Å². The number of nitriles is 1. The maximum atomic E-state index is 8.63. The second-order valence-electron chi connectivity index (χ2n) is 5.12. The molecule has 0 saturated heterocycles. The van der Waals surface area contributed by atoms with E-state index in [-0.39, 0.29) is 0 Å². The first-order valence-electron chi connectivity index (χ1n) is 7.45. The fourth-order valence-corrected chi connectivity index (χ4v) is 3.13. The van der Waals surface area contributed by atoms with Crippen molar-refractivity contribution in [2.45, 2.75) is 13.0 Å². The van der Waals surface area contributed by atoms with Crippen LogP contribution in [-0.4, -0.2) is 22.5 Å². The number of hydrogen-bond acceptors (Lipinski definition) is 5. The van der Waals surface area contributed by atoms with Gasteiger partial charge in [-0.05, 0) is 29.8 Å². The summed E-state index contributed by atoms with van der Waals surface area (Å²) in [6.07, 6.45) is 0.504. The van der Waals surface area contributed by atoms with Gasteiger partial charge in [-0.2, -0.15) is 10.4 Å². The number of nitrogens with zero attached hydrogens (tertiary/aromatic N) is 3. The second-order valence-corrected chi connectivity index (χ2v) is 6.05. The summed E-state index contributed by atoms with van der Waals surface area (Å²) >= 11 is 1.70. The van der Waals surface area contributed by atoms with E-state index in [4.69, 9.17) is 10.00 Å². The van der Waals surface area contributed by atoms with Gasteiger partial charge in [-0.1, -0.05) is 42.1 Å². The number of hydrogen-bond donors (Lipinski definition) is 0. The molecule has 0 radical (unpaired) electrons. The Balaban J connectivity index is 1.58. The molecule has 0 bridgehead atoms. The van der Waals surface area contributed by atoms with Crippen molar-refractivity contribution < 1.29 is 4.74 Å². The van der Waals surface area contributed by atoms with Crippen LogP contribution in [0.4, 0.5) is 0 Å². The molecule has 0 fully saturated rings. The highest BCUT2D eigenvalue weighted by Crippen LogP contribution is 2.24. The minimum Gasteiger partial charge on any atom is -0.489 e. The van der Waals surface area contributed by atoms with Gasteiger partial charge in [0.15, 0.2) is 0 Å². The van der Waals surface area contributed by atoms with Gasteiger partial charge >= 0.3 is 0 Å². The summed E-state index contributed by atoms with van der Waals surface area (Å²) in [5.41, 5.74) is 2.24. The summed E-state index contributed by atoms with van der Waals surface area (Å²) in [6, 6.07) is 20.3. The molecule has 4 nitrogen and oxygen atoms in total. The zero-order chi connectivity index (χ0) is 15.9. The van der Waals surface area contributed by atoms with Crippen molar-refractivity contribution in [2.24, 2.45) is 5.10 Å². The van der Waals surface area contributed by atoms with Crippen molar-refractivity contribution >= 4 is 16.8 Å². The molecule has 0 unspecified atom stereocenters. The van der Waals surface area contributed by atoms with Gasteiger partial charge in [0.25, 0.3) is 0 Å². The van der Waals surface area contributed by atoms with Crippen molar-refractivity contribution in [1.82, 2.24) is 5.01 Å². The predicted octanol–water partition coefficient (Wildman–Crippen LogP) is 3.85. The molecular weight excluding hydrogens is 306 g/mol.